The third kappa shape index (κ3) is 7.94. The zero-order valence-corrected chi connectivity index (χ0v) is 25.6. The lowest BCUT2D eigenvalue weighted by atomic mass is 9.85. The number of carbonyl (C=O) groups excluding carboxylic acids is 3. The van der Waals surface area contributed by atoms with E-state index in [9.17, 15) is 23.2 Å². The lowest BCUT2D eigenvalue weighted by Gasteiger charge is -2.37. The summed E-state index contributed by atoms with van der Waals surface area (Å²) < 4.78 is 44.2. The van der Waals surface area contributed by atoms with E-state index in [1.54, 1.807) is 30.6 Å². The summed E-state index contributed by atoms with van der Waals surface area (Å²) in [6.07, 6.45) is -0.711. The van der Waals surface area contributed by atoms with Crippen molar-refractivity contribution in [3.05, 3.63) is 65.7 Å². The molecule has 3 amide bonds. The number of fused-ring (bicyclic) bond motifs is 1. The number of carbonyl (C=O) groups is 3. The van der Waals surface area contributed by atoms with Gasteiger partial charge in [-0.1, -0.05) is 51.1 Å². The van der Waals surface area contributed by atoms with Gasteiger partial charge in [0.1, 0.15) is 24.0 Å². The van der Waals surface area contributed by atoms with Crippen LogP contribution in [-0.2, 0) is 20.9 Å². The summed E-state index contributed by atoms with van der Waals surface area (Å²) >= 11 is 0. The second kappa shape index (κ2) is 12.8. The summed E-state index contributed by atoms with van der Waals surface area (Å²) in [5.74, 6) is -2.56. The number of likely N-dealkylation sites (tertiary alicyclic amines) is 2. The maximum atomic E-state index is 14.1. The SMILES string of the molecule is CC(C)(C)OC(=O)NC(C(=O)N1CCC2C1C(COc1ccc(F)c(F)c1)CN2C(=O)OCc1ccccc1)C(C)(C)C. The fourth-order valence-electron chi connectivity index (χ4n) is 5.63. The van der Waals surface area contributed by atoms with Crippen LogP contribution in [0.2, 0.25) is 0 Å². The Morgan fingerprint density at radius 3 is 2.30 bits per heavy atom. The summed E-state index contributed by atoms with van der Waals surface area (Å²) in [4.78, 5) is 43.5. The molecule has 0 aromatic heterocycles. The first-order valence-corrected chi connectivity index (χ1v) is 14.5. The highest BCUT2D eigenvalue weighted by Crippen LogP contribution is 2.38. The second-order valence-electron chi connectivity index (χ2n) is 13.2. The van der Waals surface area contributed by atoms with Gasteiger partial charge in [-0.25, -0.2) is 18.4 Å². The summed E-state index contributed by atoms with van der Waals surface area (Å²) in [5.41, 5.74) is -0.562. The van der Waals surface area contributed by atoms with Crippen molar-refractivity contribution < 1.29 is 37.4 Å². The average molecular weight is 602 g/mol. The van der Waals surface area contributed by atoms with E-state index in [2.05, 4.69) is 5.32 Å². The molecule has 0 radical (unpaired) electrons. The Labute approximate surface area is 251 Å². The van der Waals surface area contributed by atoms with Crippen LogP contribution in [0.1, 0.15) is 53.5 Å². The van der Waals surface area contributed by atoms with Crippen LogP contribution in [0.15, 0.2) is 48.5 Å². The van der Waals surface area contributed by atoms with E-state index >= 15 is 0 Å². The van der Waals surface area contributed by atoms with E-state index in [0.29, 0.717) is 13.0 Å². The van der Waals surface area contributed by atoms with Gasteiger partial charge in [-0.15, -0.1) is 0 Å². The maximum absolute atomic E-state index is 14.1. The van der Waals surface area contributed by atoms with Gasteiger partial charge in [0.15, 0.2) is 11.6 Å². The van der Waals surface area contributed by atoms with Crippen LogP contribution in [0, 0.1) is 23.0 Å². The average Bonchev–Trinajstić information content (AvgIpc) is 3.51. The zero-order valence-electron chi connectivity index (χ0n) is 25.6. The predicted octanol–water partition coefficient (Wildman–Crippen LogP) is 5.52. The number of benzene rings is 2. The topological polar surface area (TPSA) is 97.4 Å². The molecule has 2 saturated heterocycles. The van der Waals surface area contributed by atoms with Gasteiger partial charge in [0.05, 0.1) is 18.7 Å². The Kier molecular flexibility index (Phi) is 9.51. The van der Waals surface area contributed by atoms with Crippen LogP contribution in [0.3, 0.4) is 0 Å². The van der Waals surface area contributed by atoms with E-state index in [-0.39, 0.29) is 43.4 Å². The van der Waals surface area contributed by atoms with Crippen LogP contribution in [0.5, 0.6) is 5.75 Å². The number of nitrogens with zero attached hydrogens (tertiary/aromatic N) is 2. The smallest absolute Gasteiger partial charge is 0.410 e. The van der Waals surface area contributed by atoms with Gasteiger partial charge in [0, 0.05) is 25.1 Å². The van der Waals surface area contributed by atoms with E-state index in [1.165, 1.54) is 6.07 Å². The molecule has 0 aliphatic carbocycles. The molecule has 2 heterocycles. The predicted molar refractivity (Wildman–Crippen MR) is 155 cm³/mol. The highest BCUT2D eigenvalue weighted by molar-refractivity contribution is 5.87. The molecule has 9 nitrogen and oxygen atoms in total. The molecule has 2 aromatic carbocycles. The Hall–Kier alpha value is -3.89. The molecule has 4 rings (SSSR count). The van der Waals surface area contributed by atoms with Crippen LogP contribution in [0.25, 0.3) is 0 Å². The van der Waals surface area contributed by atoms with E-state index in [0.717, 1.165) is 17.7 Å². The number of rotatable bonds is 7. The van der Waals surface area contributed by atoms with Gasteiger partial charge in [0.25, 0.3) is 0 Å². The molecule has 1 N–H and O–H groups in total. The summed E-state index contributed by atoms with van der Waals surface area (Å²) in [6.45, 7) is 11.5. The van der Waals surface area contributed by atoms with Crippen molar-refractivity contribution in [2.75, 3.05) is 19.7 Å². The van der Waals surface area contributed by atoms with Gasteiger partial charge >= 0.3 is 12.2 Å². The molecule has 2 aliphatic heterocycles. The van der Waals surface area contributed by atoms with Crippen LogP contribution in [0.4, 0.5) is 18.4 Å². The number of hydrogen-bond acceptors (Lipinski definition) is 6. The van der Waals surface area contributed by atoms with E-state index in [4.69, 9.17) is 14.2 Å². The molecule has 4 unspecified atom stereocenters. The lowest BCUT2D eigenvalue weighted by molar-refractivity contribution is -0.137. The quantitative estimate of drug-likeness (QED) is 0.449. The molecule has 0 bridgehead atoms. The van der Waals surface area contributed by atoms with Crippen molar-refractivity contribution >= 4 is 18.1 Å². The highest BCUT2D eigenvalue weighted by Gasteiger charge is 2.54. The summed E-state index contributed by atoms with van der Waals surface area (Å²) in [5, 5.41) is 2.76. The zero-order chi connectivity index (χ0) is 31.5. The minimum atomic E-state index is -1.04. The van der Waals surface area contributed by atoms with Crippen molar-refractivity contribution in [2.24, 2.45) is 11.3 Å². The number of nitrogens with one attached hydrogen (secondary N) is 1. The summed E-state index contributed by atoms with van der Waals surface area (Å²) in [6, 6.07) is 10.9. The molecule has 234 valence electrons. The highest BCUT2D eigenvalue weighted by atomic mass is 19.2. The van der Waals surface area contributed by atoms with Gasteiger partial charge in [-0.2, -0.15) is 0 Å². The van der Waals surface area contributed by atoms with Gasteiger partial charge < -0.3 is 29.3 Å². The Morgan fingerprint density at radius 1 is 0.977 bits per heavy atom. The summed E-state index contributed by atoms with van der Waals surface area (Å²) in [7, 11) is 0. The molecular weight excluding hydrogens is 560 g/mol. The normalized spacial score (nSPS) is 20.8. The first-order chi connectivity index (χ1) is 20.1. The largest absolute Gasteiger partial charge is 0.493 e. The number of ether oxygens (including phenoxy) is 3. The van der Waals surface area contributed by atoms with Crippen LogP contribution >= 0.6 is 0 Å². The molecule has 0 spiro atoms. The maximum Gasteiger partial charge on any atom is 0.410 e. The number of amides is 3. The molecule has 2 fully saturated rings. The van der Waals surface area contributed by atoms with Gasteiger partial charge in [-0.05, 0) is 50.3 Å². The van der Waals surface area contributed by atoms with Gasteiger partial charge in [0.2, 0.25) is 5.91 Å². The van der Waals surface area contributed by atoms with Crippen molar-refractivity contribution in [3.63, 3.8) is 0 Å². The molecule has 43 heavy (non-hydrogen) atoms. The van der Waals surface area contributed by atoms with Crippen molar-refractivity contribution in [1.82, 2.24) is 15.1 Å². The first-order valence-electron chi connectivity index (χ1n) is 14.5. The lowest BCUT2D eigenvalue weighted by Crippen LogP contribution is -2.57. The number of hydrogen-bond donors (Lipinski definition) is 1. The fourth-order valence-corrected chi connectivity index (χ4v) is 5.63. The Balaban J connectivity index is 1.56. The van der Waals surface area contributed by atoms with E-state index < -0.39 is 46.9 Å². The molecule has 11 heteroatoms. The monoisotopic (exact) mass is 601 g/mol. The Bertz CT molecular complexity index is 1310. The third-order valence-corrected chi connectivity index (χ3v) is 7.59. The minimum absolute atomic E-state index is 0.0398. The van der Waals surface area contributed by atoms with Crippen molar-refractivity contribution in [1.29, 1.82) is 0 Å². The van der Waals surface area contributed by atoms with Crippen LogP contribution < -0.4 is 10.1 Å². The number of halogens is 2. The molecule has 0 saturated carbocycles. The fraction of sp³-hybridized carbons (Fsp3) is 0.531. The molecule has 4 atom stereocenters. The third-order valence-electron chi connectivity index (χ3n) is 7.59. The van der Waals surface area contributed by atoms with Gasteiger partial charge in [-0.3, -0.25) is 4.79 Å². The number of alkyl carbamates (subject to hydrolysis) is 1. The second-order valence-corrected chi connectivity index (χ2v) is 13.2. The van der Waals surface area contributed by atoms with Crippen LogP contribution in [-0.4, -0.2) is 71.3 Å². The molecule has 2 aromatic rings. The van der Waals surface area contributed by atoms with E-state index in [1.807, 2.05) is 51.1 Å². The van der Waals surface area contributed by atoms with Crippen molar-refractivity contribution in [2.45, 2.75) is 78.3 Å². The Morgan fingerprint density at radius 2 is 1.67 bits per heavy atom. The molecular formula is C32H41F2N3O6. The molecule has 2 aliphatic rings. The minimum Gasteiger partial charge on any atom is -0.493 e. The van der Waals surface area contributed by atoms with Crippen molar-refractivity contribution in [3.8, 4) is 5.75 Å². The standard InChI is InChI=1S/C32H41F2N3O6/c1-31(2,3)27(35-29(39)43-32(4,5)6)28(38)36-15-14-25-26(36)21(19-41-22-12-13-23(33)24(34)16-22)17-37(25)30(40)42-18-20-10-8-7-9-11-20/h7-13,16,21,25-27H,14-15,17-19H2,1-6H3,(H,35,39). The first kappa shape index (κ1) is 32.0.